The van der Waals surface area contributed by atoms with Gasteiger partial charge >= 0.3 is 12.2 Å². The van der Waals surface area contributed by atoms with E-state index in [1.54, 1.807) is 0 Å². The van der Waals surface area contributed by atoms with Gasteiger partial charge in [-0.15, -0.1) is 0 Å². The van der Waals surface area contributed by atoms with Crippen LogP contribution in [-0.4, -0.2) is 23.6 Å². The molecule has 3 amide bonds. The first-order valence-electron chi connectivity index (χ1n) is 5.04. The number of hydrogen-bond donors (Lipinski definition) is 2. The molecule has 0 saturated heterocycles. The molecule has 1 aromatic heterocycles. The zero-order chi connectivity index (χ0) is 14.6. The summed E-state index contributed by atoms with van der Waals surface area (Å²) < 4.78 is 37.9. The Morgan fingerprint density at radius 1 is 1.37 bits per heavy atom. The summed E-state index contributed by atoms with van der Waals surface area (Å²) in [6.45, 7) is -0.684. The van der Waals surface area contributed by atoms with Crippen LogP contribution in [-0.2, 0) is 17.5 Å². The van der Waals surface area contributed by atoms with Gasteiger partial charge in [-0.25, -0.2) is 4.79 Å². The van der Waals surface area contributed by atoms with Crippen molar-refractivity contribution in [3.05, 3.63) is 34.2 Å². The number of carbonyl (C=O) groups is 2. The van der Waals surface area contributed by atoms with Crippen LogP contribution in [0.4, 0.5) is 18.0 Å². The van der Waals surface area contributed by atoms with Crippen LogP contribution < -0.4 is 16.2 Å². The highest BCUT2D eigenvalue weighted by Gasteiger charge is 2.34. The summed E-state index contributed by atoms with van der Waals surface area (Å²) in [5.41, 5.74) is -2.72. The van der Waals surface area contributed by atoms with E-state index < -0.39 is 35.8 Å². The first kappa shape index (κ1) is 14.7. The number of pyridine rings is 1. The highest BCUT2D eigenvalue weighted by molar-refractivity contribution is 5.93. The number of alkyl halides is 3. The number of nitrogens with zero attached hydrogens (tertiary/aromatic N) is 1. The Kier molecular flexibility index (Phi) is 4.30. The van der Waals surface area contributed by atoms with E-state index in [9.17, 15) is 27.6 Å². The Hall–Kier alpha value is -2.32. The summed E-state index contributed by atoms with van der Waals surface area (Å²) in [6, 6.07) is 0.803. The van der Waals surface area contributed by atoms with Crippen LogP contribution in [0.1, 0.15) is 5.56 Å². The van der Waals surface area contributed by atoms with Crippen LogP contribution in [0.3, 0.4) is 0 Å². The normalized spacial score (nSPS) is 10.9. The van der Waals surface area contributed by atoms with Crippen LogP contribution in [0, 0.1) is 0 Å². The zero-order valence-corrected chi connectivity index (χ0v) is 9.75. The average Bonchev–Trinajstić information content (AvgIpc) is 2.30. The van der Waals surface area contributed by atoms with E-state index in [2.05, 4.69) is 5.32 Å². The van der Waals surface area contributed by atoms with E-state index in [1.165, 1.54) is 7.05 Å². The van der Waals surface area contributed by atoms with Gasteiger partial charge in [-0.2, -0.15) is 13.2 Å². The topological polar surface area (TPSA) is 80.2 Å². The summed E-state index contributed by atoms with van der Waals surface area (Å²) in [6.07, 6.45) is -3.77. The van der Waals surface area contributed by atoms with E-state index in [4.69, 9.17) is 0 Å². The fourth-order valence-corrected chi connectivity index (χ4v) is 1.26. The highest BCUT2D eigenvalue weighted by atomic mass is 19.4. The molecular formula is C10H10F3N3O3. The quantitative estimate of drug-likeness (QED) is 0.817. The number of imide groups is 1. The molecule has 6 nitrogen and oxygen atoms in total. The largest absolute Gasteiger partial charge is 0.421 e. The number of aromatic nitrogens is 1. The van der Waals surface area contributed by atoms with E-state index >= 15 is 0 Å². The summed E-state index contributed by atoms with van der Waals surface area (Å²) in [5.74, 6) is -0.902. The second-order valence-corrected chi connectivity index (χ2v) is 3.48. The van der Waals surface area contributed by atoms with Crippen molar-refractivity contribution >= 4 is 11.9 Å². The molecule has 19 heavy (non-hydrogen) atoms. The minimum Gasteiger partial charge on any atom is -0.341 e. The highest BCUT2D eigenvalue weighted by Crippen LogP contribution is 2.25. The molecule has 0 aliphatic heterocycles. The van der Waals surface area contributed by atoms with Crippen LogP contribution >= 0.6 is 0 Å². The minimum atomic E-state index is -4.79. The molecule has 1 rings (SSSR count). The maximum absolute atomic E-state index is 12.5. The van der Waals surface area contributed by atoms with Gasteiger partial charge in [-0.05, 0) is 12.1 Å². The van der Waals surface area contributed by atoms with Gasteiger partial charge in [0.05, 0.1) is 0 Å². The maximum Gasteiger partial charge on any atom is 0.421 e. The standard InChI is InChI=1S/C10H10F3N3O3/c1-14-9(19)15-7(17)5-16-4-2-3-6(8(16)18)10(11,12)13/h2-4H,5H2,1H3,(H2,14,15,17,19). The van der Waals surface area contributed by atoms with Gasteiger partial charge in [-0.3, -0.25) is 14.9 Å². The number of hydrogen-bond acceptors (Lipinski definition) is 3. The average molecular weight is 277 g/mol. The number of halogens is 3. The smallest absolute Gasteiger partial charge is 0.341 e. The second kappa shape index (κ2) is 5.55. The monoisotopic (exact) mass is 277 g/mol. The van der Waals surface area contributed by atoms with Gasteiger partial charge < -0.3 is 9.88 Å². The molecule has 0 bridgehead atoms. The lowest BCUT2D eigenvalue weighted by Gasteiger charge is -2.10. The molecule has 0 radical (unpaired) electrons. The van der Waals surface area contributed by atoms with Crippen LogP contribution in [0.5, 0.6) is 0 Å². The van der Waals surface area contributed by atoms with Crippen molar-refractivity contribution < 1.29 is 22.8 Å². The lowest BCUT2D eigenvalue weighted by atomic mass is 10.2. The van der Waals surface area contributed by atoms with Gasteiger partial charge in [0.2, 0.25) is 5.91 Å². The molecule has 0 unspecified atom stereocenters. The predicted octanol–water partition coefficient (Wildman–Crippen LogP) is 0.323. The fourth-order valence-electron chi connectivity index (χ4n) is 1.26. The van der Waals surface area contributed by atoms with E-state index in [0.717, 1.165) is 12.3 Å². The Bertz CT molecular complexity index is 551. The fraction of sp³-hybridized carbons (Fsp3) is 0.300. The maximum atomic E-state index is 12.5. The van der Waals surface area contributed by atoms with Crippen LogP contribution in [0.15, 0.2) is 23.1 Å². The first-order chi connectivity index (χ1) is 8.75. The lowest BCUT2D eigenvalue weighted by Crippen LogP contribution is -2.41. The molecule has 0 atom stereocenters. The summed E-state index contributed by atoms with van der Waals surface area (Å²) in [7, 11) is 1.26. The molecule has 1 heterocycles. The third-order valence-electron chi connectivity index (χ3n) is 2.12. The van der Waals surface area contributed by atoms with Gasteiger partial charge in [0.25, 0.3) is 5.56 Å². The third kappa shape index (κ3) is 3.83. The third-order valence-corrected chi connectivity index (χ3v) is 2.12. The Morgan fingerprint density at radius 3 is 2.53 bits per heavy atom. The van der Waals surface area contributed by atoms with Gasteiger partial charge in [0, 0.05) is 13.2 Å². The molecule has 0 aliphatic rings. The molecular weight excluding hydrogens is 267 g/mol. The van der Waals surface area contributed by atoms with E-state index in [0.29, 0.717) is 10.6 Å². The van der Waals surface area contributed by atoms with Crippen molar-refractivity contribution in [3.8, 4) is 0 Å². The number of nitrogens with one attached hydrogen (secondary N) is 2. The summed E-state index contributed by atoms with van der Waals surface area (Å²) >= 11 is 0. The van der Waals surface area contributed by atoms with Crippen molar-refractivity contribution in [1.29, 1.82) is 0 Å². The second-order valence-electron chi connectivity index (χ2n) is 3.48. The SMILES string of the molecule is CNC(=O)NC(=O)Cn1cccc(C(F)(F)F)c1=O. The number of amides is 3. The van der Waals surface area contributed by atoms with Crippen LogP contribution in [0.2, 0.25) is 0 Å². The van der Waals surface area contributed by atoms with Crippen molar-refractivity contribution in [3.63, 3.8) is 0 Å². The number of urea groups is 1. The van der Waals surface area contributed by atoms with Gasteiger partial charge in [0.1, 0.15) is 12.1 Å². The van der Waals surface area contributed by atoms with E-state index in [-0.39, 0.29) is 0 Å². The number of carbonyl (C=O) groups excluding carboxylic acids is 2. The summed E-state index contributed by atoms with van der Waals surface area (Å²) in [5, 5.41) is 3.93. The summed E-state index contributed by atoms with van der Waals surface area (Å²) in [4.78, 5) is 33.6. The molecule has 9 heteroatoms. The molecule has 0 aliphatic carbocycles. The molecule has 0 aromatic carbocycles. The van der Waals surface area contributed by atoms with Gasteiger partial charge in [0.15, 0.2) is 0 Å². The molecule has 104 valence electrons. The van der Waals surface area contributed by atoms with E-state index in [1.807, 2.05) is 5.32 Å². The molecule has 1 aromatic rings. The van der Waals surface area contributed by atoms with Crippen molar-refractivity contribution in [2.24, 2.45) is 0 Å². The molecule has 0 saturated carbocycles. The minimum absolute atomic E-state index is 0.571. The molecule has 2 N–H and O–H groups in total. The van der Waals surface area contributed by atoms with Crippen molar-refractivity contribution in [2.75, 3.05) is 7.05 Å². The Morgan fingerprint density at radius 2 is 2.00 bits per heavy atom. The lowest BCUT2D eigenvalue weighted by molar-refractivity contribution is -0.139. The number of rotatable bonds is 2. The van der Waals surface area contributed by atoms with Gasteiger partial charge in [-0.1, -0.05) is 0 Å². The Labute approximate surface area is 105 Å². The zero-order valence-electron chi connectivity index (χ0n) is 9.75. The first-order valence-corrected chi connectivity index (χ1v) is 5.04. The van der Waals surface area contributed by atoms with Crippen molar-refractivity contribution in [2.45, 2.75) is 12.7 Å². The molecule has 0 spiro atoms. The molecule has 0 fully saturated rings. The van der Waals surface area contributed by atoms with Crippen LogP contribution in [0.25, 0.3) is 0 Å². The predicted molar refractivity (Wildman–Crippen MR) is 58.3 cm³/mol. The van der Waals surface area contributed by atoms with Crippen molar-refractivity contribution in [1.82, 2.24) is 15.2 Å². The Balaban J connectivity index is 2.95.